The number of esters is 1. The fourth-order valence-corrected chi connectivity index (χ4v) is 1.83. The van der Waals surface area contributed by atoms with Crippen LogP contribution in [-0.2, 0) is 20.7 Å². The van der Waals surface area contributed by atoms with Crippen molar-refractivity contribution < 1.29 is 23.5 Å². The number of para-hydroxylation sites is 2. The van der Waals surface area contributed by atoms with Gasteiger partial charge < -0.3 is 19.2 Å². The van der Waals surface area contributed by atoms with E-state index in [1.807, 2.05) is 0 Å². The smallest absolute Gasteiger partial charge is 0.306 e. The number of ether oxygens (including phenoxy) is 2. The van der Waals surface area contributed by atoms with Crippen LogP contribution in [0.15, 0.2) is 47.1 Å². The highest BCUT2D eigenvalue weighted by molar-refractivity contribution is 5.94. The Kier molecular flexibility index (Phi) is 5.59. The molecular formula is C16H17NO5. The van der Waals surface area contributed by atoms with Crippen LogP contribution in [0, 0.1) is 0 Å². The van der Waals surface area contributed by atoms with E-state index in [0.29, 0.717) is 23.6 Å². The molecule has 6 nitrogen and oxygen atoms in total. The maximum absolute atomic E-state index is 11.8. The summed E-state index contributed by atoms with van der Waals surface area (Å²) in [5.41, 5.74) is 0.529. The van der Waals surface area contributed by atoms with Crippen molar-refractivity contribution >= 4 is 17.6 Å². The van der Waals surface area contributed by atoms with Gasteiger partial charge in [0.05, 0.1) is 25.5 Å². The molecule has 0 unspecified atom stereocenters. The van der Waals surface area contributed by atoms with Crippen molar-refractivity contribution in [2.24, 2.45) is 0 Å². The number of benzene rings is 1. The fourth-order valence-electron chi connectivity index (χ4n) is 1.83. The third-order valence-corrected chi connectivity index (χ3v) is 2.90. The van der Waals surface area contributed by atoms with Crippen LogP contribution in [0.5, 0.6) is 5.75 Å². The average molecular weight is 303 g/mol. The molecule has 1 heterocycles. The minimum atomic E-state index is -0.452. The van der Waals surface area contributed by atoms with E-state index in [2.05, 4.69) is 5.32 Å². The first kappa shape index (κ1) is 15.6. The fraction of sp³-hybridized carbons (Fsp3) is 0.250. The van der Waals surface area contributed by atoms with Crippen LogP contribution in [0.4, 0.5) is 5.69 Å². The highest BCUT2D eigenvalue weighted by Crippen LogP contribution is 2.22. The number of carbonyl (C=O) groups excluding carboxylic acids is 2. The first-order valence-corrected chi connectivity index (χ1v) is 6.80. The topological polar surface area (TPSA) is 77.8 Å². The average Bonchev–Trinajstić information content (AvgIpc) is 3.05. The van der Waals surface area contributed by atoms with Crippen molar-refractivity contribution in [3.8, 4) is 5.75 Å². The summed E-state index contributed by atoms with van der Waals surface area (Å²) in [5.74, 6) is 0.373. The zero-order chi connectivity index (χ0) is 15.8. The second-order valence-corrected chi connectivity index (χ2v) is 4.49. The molecule has 1 amide bonds. The molecule has 1 aromatic heterocycles. The molecule has 0 aliphatic heterocycles. The standard InChI is InChI=1S/C16H17NO5/c1-20-14-7-3-2-6-13(14)17-15(18)11-22-16(19)9-8-12-5-4-10-21-12/h2-7,10H,8-9,11H2,1H3,(H,17,18). The van der Waals surface area contributed by atoms with E-state index in [9.17, 15) is 9.59 Å². The van der Waals surface area contributed by atoms with E-state index in [-0.39, 0.29) is 13.0 Å². The van der Waals surface area contributed by atoms with Gasteiger partial charge in [-0.3, -0.25) is 9.59 Å². The van der Waals surface area contributed by atoms with E-state index in [4.69, 9.17) is 13.9 Å². The first-order valence-electron chi connectivity index (χ1n) is 6.80. The van der Waals surface area contributed by atoms with Gasteiger partial charge in [0.1, 0.15) is 11.5 Å². The Bertz CT molecular complexity index is 621. The molecule has 22 heavy (non-hydrogen) atoms. The molecule has 0 aliphatic carbocycles. The number of hydrogen-bond acceptors (Lipinski definition) is 5. The summed E-state index contributed by atoms with van der Waals surface area (Å²) in [6.45, 7) is -0.338. The van der Waals surface area contributed by atoms with Crippen LogP contribution in [0.2, 0.25) is 0 Å². The van der Waals surface area contributed by atoms with Crippen molar-refractivity contribution in [2.75, 3.05) is 19.0 Å². The molecule has 0 spiro atoms. The van der Waals surface area contributed by atoms with Gasteiger partial charge >= 0.3 is 5.97 Å². The Morgan fingerprint density at radius 2 is 2.00 bits per heavy atom. The quantitative estimate of drug-likeness (QED) is 0.795. The number of carbonyl (C=O) groups is 2. The van der Waals surface area contributed by atoms with Gasteiger partial charge in [0.15, 0.2) is 6.61 Å². The number of hydrogen-bond donors (Lipinski definition) is 1. The molecule has 2 rings (SSSR count). The van der Waals surface area contributed by atoms with Gasteiger partial charge in [-0.25, -0.2) is 0 Å². The molecule has 2 aromatic rings. The van der Waals surface area contributed by atoms with Gasteiger partial charge in [-0.15, -0.1) is 0 Å². The van der Waals surface area contributed by atoms with Gasteiger partial charge in [0, 0.05) is 6.42 Å². The van der Waals surface area contributed by atoms with Gasteiger partial charge in [-0.1, -0.05) is 12.1 Å². The summed E-state index contributed by atoms with van der Waals surface area (Å²) in [5, 5.41) is 2.63. The summed E-state index contributed by atoms with van der Waals surface area (Å²) in [6, 6.07) is 10.5. The molecule has 0 aliphatic rings. The SMILES string of the molecule is COc1ccccc1NC(=O)COC(=O)CCc1ccco1. The van der Waals surface area contributed by atoms with Crippen LogP contribution in [-0.4, -0.2) is 25.6 Å². The summed E-state index contributed by atoms with van der Waals surface area (Å²) in [7, 11) is 1.51. The summed E-state index contributed by atoms with van der Waals surface area (Å²) < 4.78 is 15.1. The number of nitrogens with one attached hydrogen (secondary N) is 1. The van der Waals surface area contributed by atoms with E-state index in [1.54, 1.807) is 42.7 Å². The molecule has 0 bridgehead atoms. The Morgan fingerprint density at radius 3 is 2.73 bits per heavy atom. The molecule has 1 N–H and O–H groups in total. The van der Waals surface area contributed by atoms with Crippen LogP contribution >= 0.6 is 0 Å². The molecule has 0 fully saturated rings. The Balaban J connectivity index is 1.74. The second kappa shape index (κ2) is 7.87. The van der Waals surface area contributed by atoms with Gasteiger partial charge in [0.25, 0.3) is 5.91 Å². The van der Waals surface area contributed by atoms with Crippen LogP contribution in [0.25, 0.3) is 0 Å². The molecule has 1 aromatic carbocycles. The largest absolute Gasteiger partial charge is 0.495 e. The van der Waals surface area contributed by atoms with Crippen LogP contribution in [0.1, 0.15) is 12.2 Å². The molecule has 0 saturated heterocycles. The predicted octanol–water partition coefficient (Wildman–Crippen LogP) is 2.40. The van der Waals surface area contributed by atoms with Crippen molar-refractivity contribution in [3.63, 3.8) is 0 Å². The number of anilines is 1. The van der Waals surface area contributed by atoms with E-state index in [0.717, 1.165) is 0 Å². The van der Waals surface area contributed by atoms with Crippen molar-refractivity contribution in [1.29, 1.82) is 0 Å². The molecule has 0 saturated carbocycles. The predicted molar refractivity (Wildman–Crippen MR) is 79.6 cm³/mol. The summed E-state index contributed by atoms with van der Waals surface area (Å²) in [6.07, 6.45) is 2.15. The second-order valence-electron chi connectivity index (χ2n) is 4.49. The van der Waals surface area contributed by atoms with E-state index in [1.165, 1.54) is 7.11 Å². The lowest BCUT2D eigenvalue weighted by atomic mass is 10.2. The monoisotopic (exact) mass is 303 g/mol. The Hall–Kier alpha value is -2.76. The van der Waals surface area contributed by atoms with Crippen LogP contribution in [0.3, 0.4) is 0 Å². The number of furan rings is 1. The molecular weight excluding hydrogens is 286 g/mol. The Labute approximate surface area is 128 Å². The van der Waals surface area contributed by atoms with Crippen molar-refractivity contribution in [3.05, 3.63) is 48.4 Å². The highest BCUT2D eigenvalue weighted by Gasteiger charge is 2.10. The van der Waals surface area contributed by atoms with Gasteiger partial charge in [0.2, 0.25) is 0 Å². The maximum atomic E-state index is 11.8. The van der Waals surface area contributed by atoms with E-state index >= 15 is 0 Å². The van der Waals surface area contributed by atoms with Crippen molar-refractivity contribution in [1.82, 2.24) is 0 Å². The zero-order valence-corrected chi connectivity index (χ0v) is 12.2. The third kappa shape index (κ3) is 4.66. The first-order chi connectivity index (χ1) is 10.7. The lowest BCUT2D eigenvalue weighted by Gasteiger charge is -2.10. The number of methoxy groups -OCH3 is 1. The normalized spacial score (nSPS) is 10.0. The molecule has 116 valence electrons. The highest BCUT2D eigenvalue weighted by atomic mass is 16.5. The lowest BCUT2D eigenvalue weighted by molar-refractivity contribution is -0.147. The molecule has 0 atom stereocenters. The molecule has 6 heteroatoms. The van der Waals surface area contributed by atoms with E-state index < -0.39 is 11.9 Å². The Morgan fingerprint density at radius 1 is 1.18 bits per heavy atom. The zero-order valence-electron chi connectivity index (χ0n) is 12.2. The number of aryl methyl sites for hydroxylation is 1. The number of rotatable bonds is 7. The third-order valence-electron chi connectivity index (χ3n) is 2.90. The lowest BCUT2D eigenvalue weighted by Crippen LogP contribution is -2.21. The molecule has 0 radical (unpaired) electrons. The van der Waals surface area contributed by atoms with Crippen LogP contribution < -0.4 is 10.1 Å². The van der Waals surface area contributed by atoms with Gasteiger partial charge in [-0.2, -0.15) is 0 Å². The minimum Gasteiger partial charge on any atom is -0.495 e. The summed E-state index contributed by atoms with van der Waals surface area (Å²) in [4.78, 5) is 23.3. The van der Waals surface area contributed by atoms with Crippen molar-refractivity contribution in [2.45, 2.75) is 12.8 Å². The number of amides is 1. The minimum absolute atomic E-state index is 0.162. The maximum Gasteiger partial charge on any atom is 0.306 e. The summed E-state index contributed by atoms with van der Waals surface area (Å²) >= 11 is 0. The van der Waals surface area contributed by atoms with Gasteiger partial charge in [-0.05, 0) is 24.3 Å².